The van der Waals surface area contributed by atoms with Crippen molar-refractivity contribution >= 4 is 22.9 Å². The van der Waals surface area contributed by atoms with Crippen LogP contribution in [0.25, 0.3) is 5.57 Å². The largest absolute Gasteiger partial charge is 0.463 e. The van der Waals surface area contributed by atoms with Crippen molar-refractivity contribution in [3.63, 3.8) is 0 Å². The normalized spacial score (nSPS) is 15.4. The third kappa shape index (κ3) is 6.00. The van der Waals surface area contributed by atoms with E-state index in [1.54, 1.807) is 13.8 Å². The summed E-state index contributed by atoms with van der Waals surface area (Å²) in [5.41, 5.74) is 0.382. The van der Waals surface area contributed by atoms with Crippen molar-refractivity contribution in [3.8, 4) is 0 Å². The Morgan fingerprint density at radius 3 is 2.62 bits per heavy atom. The van der Waals surface area contributed by atoms with E-state index in [1.165, 1.54) is 18.2 Å². The van der Waals surface area contributed by atoms with Crippen LogP contribution in [0.15, 0.2) is 18.2 Å². The highest BCUT2D eigenvalue weighted by Gasteiger charge is 2.31. The number of allylic oxidation sites excluding steroid dienone is 1. The number of nitrogens with zero attached hydrogens (tertiary/aromatic N) is 2. The van der Waals surface area contributed by atoms with E-state index in [9.17, 15) is 14.9 Å². The summed E-state index contributed by atoms with van der Waals surface area (Å²) in [5, 5.41) is 11.8. The Hall–Kier alpha value is -2.48. The van der Waals surface area contributed by atoms with Crippen LogP contribution in [0.4, 0.5) is 15.8 Å². The molecular weight excluding hydrogens is 379 g/mol. The summed E-state index contributed by atoms with van der Waals surface area (Å²) < 4.78 is 25.5. The van der Waals surface area contributed by atoms with Gasteiger partial charge >= 0.3 is 5.97 Å². The Balaban J connectivity index is 2.52. The highest BCUT2D eigenvalue weighted by Crippen LogP contribution is 2.37. The molecule has 1 aliphatic heterocycles. The zero-order chi connectivity index (χ0) is 21.6. The fraction of sp³-hybridized carbons (Fsp3) is 0.571. The number of anilines is 1. The first-order chi connectivity index (χ1) is 13.7. The van der Waals surface area contributed by atoms with Gasteiger partial charge in [0.1, 0.15) is 0 Å². The van der Waals surface area contributed by atoms with E-state index < -0.39 is 16.7 Å². The Labute approximate surface area is 170 Å². The average molecular weight is 408 g/mol. The number of esters is 1. The lowest BCUT2D eigenvalue weighted by atomic mass is 10.0. The molecule has 0 bridgehead atoms. The Morgan fingerprint density at radius 2 is 2.07 bits per heavy atom. The van der Waals surface area contributed by atoms with Crippen molar-refractivity contribution in [1.29, 1.82) is 0 Å². The van der Waals surface area contributed by atoms with Gasteiger partial charge in [0, 0.05) is 37.9 Å². The number of benzene rings is 1. The second kappa shape index (κ2) is 10.3. The molecule has 0 spiro atoms. The number of ether oxygens (including phenoxy) is 2. The molecule has 2 rings (SSSR count). The van der Waals surface area contributed by atoms with Gasteiger partial charge < -0.3 is 14.4 Å². The van der Waals surface area contributed by atoms with Crippen LogP contribution in [0.2, 0.25) is 0 Å². The van der Waals surface area contributed by atoms with E-state index in [1.807, 2.05) is 18.7 Å². The van der Waals surface area contributed by atoms with E-state index in [-0.39, 0.29) is 35.5 Å². The molecule has 1 heterocycles. The van der Waals surface area contributed by atoms with Crippen LogP contribution in [0.1, 0.15) is 46.1 Å². The van der Waals surface area contributed by atoms with Crippen LogP contribution >= 0.6 is 0 Å². The minimum Gasteiger partial charge on any atom is -0.463 e. The Morgan fingerprint density at radius 1 is 1.41 bits per heavy atom. The molecule has 1 aliphatic rings. The maximum atomic E-state index is 15.3. The van der Waals surface area contributed by atoms with Gasteiger partial charge in [-0.3, -0.25) is 10.1 Å². The van der Waals surface area contributed by atoms with Gasteiger partial charge in [-0.1, -0.05) is 13.8 Å². The second-order valence-corrected chi connectivity index (χ2v) is 7.55. The molecule has 29 heavy (non-hydrogen) atoms. The zero-order valence-corrected chi connectivity index (χ0v) is 17.4. The molecule has 0 aromatic heterocycles. The van der Waals surface area contributed by atoms with Crippen LogP contribution in [0, 0.1) is 21.8 Å². The molecule has 0 saturated carbocycles. The van der Waals surface area contributed by atoms with Gasteiger partial charge in [0.15, 0.2) is 11.5 Å². The van der Waals surface area contributed by atoms with Gasteiger partial charge in [0.2, 0.25) is 0 Å². The predicted octanol–water partition coefficient (Wildman–Crippen LogP) is 4.34. The summed E-state index contributed by atoms with van der Waals surface area (Å²) in [7, 11) is 0. The number of hydrogen-bond acceptors (Lipinski definition) is 6. The van der Waals surface area contributed by atoms with Crippen LogP contribution < -0.4 is 4.90 Å². The number of nitro benzene ring substituents is 1. The van der Waals surface area contributed by atoms with Crippen LogP contribution in [-0.2, 0) is 14.3 Å². The number of halogens is 1. The van der Waals surface area contributed by atoms with Crippen molar-refractivity contribution in [2.75, 3.05) is 31.3 Å². The smallest absolute Gasteiger partial charge is 0.331 e. The van der Waals surface area contributed by atoms with Gasteiger partial charge in [-0.2, -0.15) is 0 Å². The molecule has 1 fully saturated rings. The zero-order valence-electron chi connectivity index (χ0n) is 17.4. The van der Waals surface area contributed by atoms with E-state index in [4.69, 9.17) is 9.47 Å². The maximum Gasteiger partial charge on any atom is 0.331 e. The van der Waals surface area contributed by atoms with Crippen LogP contribution in [0.3, 0.4) is 0 Å². The SMILES string of the molecule is CCOC(=O)/C=C(\C)c1cc(F)c(N(CC(C)C)C2CCOCC2)c([N+](=O)[O-])c1. The first-order valence-electron chi connectivity index (χ1n) is 9.92. The van der Waals surface area contributed by atoms with Crippen LogP contribution in [-0.4, -0.2) is 43.3 Å². The lowest BCUT2D eigenvalue weighted by molar-refractivity contribution is -0.384. The number of carbonyl (C=O) groups is 1. The lowest BCUT2D eigenvalue weighted by Crippen LogP contribution is -2.42. The molecule has 160 valence electrons. The summed E-state index contributed by atoms with van der Waals surface area (Å²) in [5.74, 6) is -1.04. The van der Waals surface area contributed by atoms with E-state index in [2.05, 4.69) is 0 Å². The first kappa shape index (κ1) is 22.8. The molecule has 1 aromatic rings. The summed E-state index contributed by atoms with van der Waals surface area (Å²) in [6.07, 6.45) is 2.59. The molecule has 0 radical (unpaired) electrons. The molecule has 0 atom stereocenters. The highest BCUT2D eigenvalue weighted by molar-refractivity contribution is 5.91. The molecule has 8 heteroatoms. The standard InChI is InChI=1S/C21H29FN2O5/c1-5-29-20(25)10-15(4)16-11-18(22)21(19(12-16)24(26)27)23(13-14(2)3)17-6-8-28-9-7-17/h10-12,14,17H,5-9,13H2,1-4H3/b15-10+. The third-order valence-corrected chi connectivity index (χ3v) is 4.80. The van der Waals surface area contributed by atoms with Crippen molar-refractivity contribution in [2.24, 2.45) is 5.92 Å². The minimum atomic E-state index is -0.669. The minimum absolute atomic E-state index is 0.00304. The summed E-state index contributed by atoms with van der Waals surface area (Å²) in [6.45, 7) is 9.08. The first-order valence-corrected chi connectivity index (χ1v) is 9.92. The third-order valence-electron chi connectivity index (χ3n) is 4.80. The highest BCUT2D eigenvalue weighted by atomic mass is 19.1. The summed E-state index contributed by atoms with van der Waals surface area (Å²) in [4.78, 5) is 24.8. The Kier molecular flexibility index (Phi) is 8.13. The van der Waals surface area contributed by atoms with Gasteiger partial charge in [0.05, 0.1) is 11.5 Å². The molecule has 7 nitrogen and oxygen atoms in total. The predicted molar refractivity (Wildman–Crippen MR) is 109 cm³/mol. The van der Waals surface area contributed by atoms with Gasteiger partial charge in [-0.15, -0.1) is 0 Å². The van der Waals surface area contributed by atoms with Crippen molar-refractivity contribution in [1.82, 2.24) is 0 Å². The number of nitro groups is 1. The van der Waals surface area contributed by atoms with Gasteiger partial charge in [-0.25, -0.2) is 9.18 Å². The molecule has 1 aromatic carbocycles. The van der Waals surface area contributed by atoms with Crippen molar-refractivity contribution in [3.05, 3.63) is 39.7 Å². The Bertz CT molecular complexity index is 773. The number of hydrogen-bond donors (Lipinski definition) is 0. The average Bonchev–Trinajstić information content (AvgIpc) is 2.66. The molecule has 0 aliphatic carbocycles. The number of carbonyl (C=O) groups excluding carboxylic acids is 1. The summed E-state index contributed by atoms with van der Waals surface area (Å²) >= 11 is 0. The van der Waals surface area contributed by atoms with Crippen molar-refractivity contribution in [2.45, 2.75) is 46.6 Å². The molecule has 1 saturated heterocycles. The topological polar surface area (TPSA) is 81.9 Å². The van der Waals surface area contributed by atoms with E-state index in [0.29, 0.717) is 38.2 Å². The van der Waals surface area contributed by atoms with E-state index in [0.717, 1.165) is 0 Å². The fourth-order valence-electron chi connectivity index (χ4n) is 3.49. The molecular formula is C21H29FN2O5. The van der Waals surface area contributed by atoms with Crippen molar-refractivity contribution < 1.29 is 23.6 Å². The van der Waals surface area contributed by atoms with E-state index >= 15 is 4.39 Å². The van der Waals surface area contributed by atoms with Gasteiger partial charge in [0.25, 0.3) is 5.69 Å². The monoisotopic (exact) mass is 408 g/mol. The van der Waals surface area contributed by atoms with Gasteiger partial charge in [-0.05, 0) is 49.8 Å². The molecule has 0 N–H and O–H groups in total. The maximum absolute atomic E-state index is 15.3. The summed E-state index contributed by atoms with van der Waals surface area (Å²) in [6, 6.07) is 2.55. The quantitative estimate of drug-likeness (QED) is 0.275. The lowest BCUT2D eigenvalue weighted by Gasteiger charge is -2.37. The molecule has 0 amide bonds. The second-order valence-electron chi connectivity index (χ2n) is 7.55. The molecule has 0 unspecified atom stereocenters. The number of rotatable bonds is 8. The fourth-order valence-corrected chi connectivity index (χ4v) is 3.49. The van der Waals surface area contributed by atoms with Crippen LogP contribution in [0.5, 0.6) is 0 Å².